The monoisotopic (exact) mass is 564 g/mol. The average Bonchev–Trinajstić information content (AvgIpc) is 3.39. The third kappa shape index (κ3) is 4.93. The summed E-state index contributed by atoms with van der Waals surface area (Å²) in [6.45, 7) is 4.70. The molecule has 4 atom stereocenters. The predicted octanol–water partition coefficient (Wildman–Crippen LogP) is 3.41. The van der Waals surface area contributed by atoms with Crippen LogP contribution in [0.25, 0.3) is 0 Å². The first kappa shape index (κ1) is 28.4. The Morgan fingerprint density at radius 1 is 1.34 bits per heavy atom. The van der Waals surface area contributed by atoms with Crippen molar-refractivity contribution in [3.63, 3.8) is 0 Å². The van der Waals surface area contributed by atoms with E-state index in [1.165, 1.54) is 6.07 Å². The van der Waals surface area contributed by atoms with Gasteiger partial charge in [0.15, 0.2) is 6.61 Å². The van der Waals surface area contributed by atoms with E-state index in [2.05, 4.69) is 24.7 Å². The molecule has 4 heterocycles. The lowest BCUT2D eigenvalue weighted by Gasteiger charge is -2.59. The largest absolute Gasteiger partial charge is 0.485 e. The molecule has 0 aromatic carbocycles. The summed E-state index contributed by atoms with van der Waals surface area (Å²) in [6, 6.07) is 4.64. The van der Waals surface area contributed by atoms with E-state index in [1.54, 1.807) is 6.92 Å². The van der Waals surface area contributed by atoms with Crippen molar-refractivity contribution in [2.75, 3.05) is 18.5 Å². The Morgan fingerprint density at radius 2 is 2.05 bits per heavy atom. The molecule has 4 rings (SSSR count). The number of rotatable bonds is 7. The van der Waals surface area contributed by atoms with Crippen molar-refractivity contribution in [2.24, 2.45) is 5.73 Å². The number of thiol groups is 1. The Kier molecular flexibility index (Phi) is 7.62. The molecule has 1 amide bonds. The molecule has 0 aliphatic carbocycles. The minimum Gasteiger partial charge on any atom is -0.485 e. The standard InChI is InChI=1S/C23H29F5N6O3S/c1-21(2)20(29)34(36)22(3,15-8-9-31-38(15)21)17-13(24)5-7-16(32-17)33-18(35)14-6-4-12(10-30-14)37-11-23(27,28)19(25)26/h4-7,10,15,19-20,31,36,38H,8-9,11,29H2,1-3H3,(H,32,33,35)/t15-,20?,22+/m1/s1. The number of hydroxylamine groups is 2. The maximum atomic E-state index is 15.2. The second-order valence-electron chi connectivity index (χ2n) is 9.88. The van der Waals surface area contributed by atoms with Crippen LogP contribution in [0.5, 0.6) is 5.75 Å². The minimum atomic E-state index is -4.34. The summed E-state index contributed by atoms with van der Waals surface area (Å²) in [6.07, 6.45) is -3.10. The van der Waals surface area contributed by atoms with Gasteiger partial charge in [0.1, 0.15) is 34.3 Å². The number of aromatic nitrogens is 2. The number of carbonyl (C=O) groups excluding carboxylic acids is 1. The zero-order chi connectivity index (χ0) is 28.0. The Labute approximate surface area is 218 Å². The van der Waals surface area contributed by atoms with E-state index < -0.39 is 58.2 Å². The highest BCUT2D eigenvalue weighted by Crippen LogP contribution is 2.60. The fourth-order valence-electron chi connectivity index (χ4n) is 4.74. The number of fused-ring (bicyclic) bond motifs is 1. The molecule has 0 saturated carbocycles. The molecular formula is C23H29F5N6O3S. The number of alkyl halides is 4. The van der Waals surface area contributed by atoms with Crippen molar-refractivity contribution in [2.45, 2.75) is 61.2 Å². The lowest BCUT2D eigenvalue weighted by atomic mass is 9.87. The van der Waals surface area contributed by atoms with Crippen molar-refractivity contribution in [3.05, 3.63) is 47.7 Å². The summed E-state index contributed by atoms with van der Waals surface area (Å²) in [4.78, 5) is 20.8. The van der Waals surface area contributed by atoms with E-state index in [0.29, 0.717) is 13.0 Å². The van der Waals surface area contributed by atoms with Crippen molar-refractivity contribution < 1.29 is 36.7 Å². The number of hydrogen-bond donors (Lipinski definition) is 5. The highest BCUT2D eigenvalue weighted by molar-refractivity contribution is 8.17. The van der Waals surface area contributed by atoms with Crippen LogP contribution >= 0.6 is 11.1 Å². The molecular weight excluding hydrogens is 535 g/mol. The van der Waals surface area contributed by atoms with E-state index in [9.17, 15) is 27.6 Å². The summed E-state index contributed by atoms with van der Waals surface area (Å²) < 4.78 is 73.4. The Hall–Kier alpha value is -2.59. The molecule has 210 valence electrons. The lowest BCUT2D eigenvalue weighted by molar-refractivity contribution is -0.215. The van der Waals surface area contributed by atoms with Crippen LogP contribution in [0.3, 0.4) is 0 Å². The van der Waals surface area contributed by atoms with Gasteiger partial charge in [0, 0.05) is 16.5 Å². The molecule has 38 heavy (non-hydrogen) atoms. The SMILES string of the molecule is CC1(C)C(N)N(O)[C@](C)(c2nc(NC(=O)c3ccc(OCC(F)(F)C(F)F)cn3)ccc2F)[C@H]2CCN[SH]21. The number of hydrogen-bond acceptors (Lipinski definition) is 8. The van der Waals surface area contributed by atoms with Gasteiger partial charge in [-0.15, -0.1) is 0 Å². The Morgan fingerprint density at radius 3 is 2.68 bits per heavy atom. The van der Waals surface area contributed by atoms with Gasteiger partial charge in [0.25, 0.3) is 5.91 Å². The number of nitrogens with two attached hydrogens (primary N) is 1. The number of carbonyl (C=O) groups is 1. The van der Waals surface area contributed by atoms with Gasteiger partial charge < -0.3 is 21.0 Å². The summed E-state index contributed by atoms with van der Waals surface area (Å²) in [7, 11) is 0. The highest BCUT2D eigenvalue weighted by atomic mass is 32.2. The highest BCUT2D eigenvalue weighted by Gasteiger charge is 2.60. The topological polar surface area (TPSA) is 126 Å². The number of nitrogens with zero attached hydrogens (tertiary/aromatic N) is 3. The van der Waals surface area contributed by atoms with Crippen LogP contribution in [0.2, 0.25) is 0 Å². The Bertz CT molecular complexity index is 1190. The number of amides is 1. The van der Waals surface area contributed by atoms with E-state index in [4.69, 9.17) is 5.73 Å². The zero-order valence-electron chi connectivity index (χ0n) is 20.8. The van der Waals surface area contributed by atoms with Crippen LogP contribution in [0.1, 0.15) is 43.4 Å². The first-order valence-electron chi connectivity index (χ1n) is 11.7. The van der Waals surface area contributed by atoms with Gasteiger partial charge in [0.05, 0.1) is 12.4 Å². The smallest absolute Gasteiger partial charge is 0.340 e. The summed E-state index contributed by atoms with van der Waals surface area (Å²) >= 11 is -0.914. The van der Waals surface area contributed by atoms with Gasteiger partial charge in [0.2, 0.25) is 0 Å². The second kappa shape index (κ2) is 10.2. The molecule has 2 aliphatic heterocycles. The van der Waals surface area contributed by atoms with Crippen LogP contribution in [-0.4, -0.2) is 67.8 Å². The van der Waals surface area contributed by atoms with Gasteiger partial charge >= 0.3 is 12.3 Å². The number of halogens is 5. The fraction of sp³-hybridized carbons (Fsp3) is 0.522. The van der Waals surface area contributed by atoms with Crippen molar-refractivity contribution >= 4 is 22.8 Å². The third-order valence-electron chi connectivity index (χ3n) is 7.03. The van der Waals surface area contributed by atoms with E-state index in [1.807, 2.05) is 13.8 Å². The normalized spacial score (nSPS) is 28.2. The van der Waals surface area contributed by atoms with E-state index >= 15 is 4.39 Å². The van der Waals surface area contributed by atoms with Crippen LogP contribution in [0.15, 0.2) is 30.5 Å². The molecule has 0 radical (unpaired) electrons. The number of pyridine rings is 2. The van der Waals surface area contributed by atoms with Crippen molar-refractivity contribution in [3.8, 4) is 5.75 Å². The average molecular weight is 565 g/mol. The molecule has 2 aliphatic rings. The van der Waals surface area contributed by atoms with Gasteiger partial charge in [-0.3, -0.25) is 9.52 Å². The minimum absolute atomic E-state index is 0.0200. The van der Waals surface area contributed by atoms with Crippen LogP contribution in [0, 0.1) is 5.82 Å². The first-order valence-corrected chi connectivity index (χ1v) is 13.1. The maximum absolute atomic E-state index is 15.2. The molecule has 0 bridgehead atoms. The van der Waals surface area contributed by atoms with Gasteiger partial charge in [-0.05, 0) is 51.5 Å². The molecule has 2 fully saturated rings. The molecule has 2 aromatic rings. The molecule has 5 N–H and O–H groups in total. The number of ether oxygens (including phenoxy) is 1. The van der Waals surface area contributed by atoms with Crippen molar-refractivity contribution in [1.82, 2.24) is 19.8 Å². The molecule has 2 saturated heterocycles. The molecule has 9 nitrogen and oxygen atoms in total. The van der Waals surface area contributed by atoms with Crippen LogP contribution in [0.4, 0.5) is 27.8 Å². The molecule has 2 aromatic heterocycles. The van der Waals surface area contributed by atoms with E-state index in [0.717, 1.165) is 29.5 Å². The van der Waals surface area contributed by atoms with Gasteiger partial charge in [-0.25, -0.2) is 23.1 Å². The van der Waals surface area contributed by atoms with Crippen LogP contribution in [-0.2, 0) is 5.54 Å². The third-order valence-corrected chi connectivity index (χ3v) is 10.5. The second-order valence-corrected chi connectivity index (χ2v) is 12.7. The maximum Gasteiger partial charge on any atom is 0.340 e. The van der Waals surface area contributed by atoms with Gasteiger partial charge in [-0.2, -0.15) is 24.9 Å². The van der Waals surface area contributed by atoms with Crippen LogP contribution < -0.4 is 20.5 Å². The van der Waals surface area contributed by atoms with Gasteiger partial charge in [-0.1, -0.05) is 0 Å². The number of anilines is 1. The summed E-state index contributed by atoms with van der Waals surface area (Å²) in [5.74, 6) is -6.03. The molecule has 15 heteroatoms. The zero-order valence-corrected chi connectivity index (χ0v) is 21.7. The van der Waals surface area contributed by atoms with E-state index in [-0.39, 0.29) is 28.2 Å². The number of nitrogens with one attached hydrogen (secondary N) is 2. The summed E-state index contributed by atoms with van der Waals surface area (Å²) in [5, 5.41) is 14.4. The first-order chi connectivity index (χ1) is 17.7. The Balaban J connectivity index is 1.54. The molecule has 0 spiro atoms. The van der Waals surface area contributed by atoms with Crippen molar-refractivity contribution in [1.29, 1.82) is 0 Å². The predicted molar refractivity (Wildman–Crippen MR) is 131 cm³/mol. The fourth-order valence-corrected chi connectivity index (χ4v) is 8.06. The lowest BCUT2D eigenvalue weighted by Crippen LogP contribution is -2.69. The quantitative estimate of drug-likeness (QED) is 0.256. The molecule has 2 unspecified atom stereocenters. The summed E-state index contributed by atoms with van der Waals surface area (Å²) in [5.41, 5.74) is 4.85.